The van der Waals surface area contributed by atoms with Crippen LogP contribution in [-0.4, -0.2) is 23.3 Å². The Hall–Kier alpha value is -1.61. The lowest BCUT2D eigenvalue weighted by atomic mass is 9.72. The number of hydrogen-bond donors (Lipinski definition) is 0. The maximum absolute atomic E-state index is 11.4. The van der Waals surface area contributed by atoms with Gasteiger partial charge in [-0.3, -0.25) is 0 Å². The smallest absolute Gasteiger partial charge is 0.434 e. The van der Waals surface area contributed by atoms with Crippen molar-refractivity contribution in [2.45, 2.75) is 45.4 Å². The van der Waals surface area contributed by atoms with Gasteiger partial charge in [-0.15, -0.1) is 0 Å². The minimum atomic E-state index is -0.619. The summed E-state index contributed by atoms with van der Waals surface area (Å²) in [6.07, 6.45) is 6.57. The lowest BCUT2D eigenvalue weighted by Crippen LogP contribution is -2.29. The van der Waals surface area contributed by atoms with Gasteiger partial charge in [-0.05, 0) is 38.7 Å². The van der Waals surface area contributed by atoms with E-state index >= 15 is 0 Å². The van der Waals surface area contributed by atoms with E-state index in [9.17, 15) is 4.79 Å². The maximum atomic E-state index is 11.4. The van der Waals surface area contributed by atoms with Gasteiger partial charge >= 0.3 is 6.16 Å². The highest BCUT2D eigenvalue weighted by Crippen LogP contribution is 2.49. The summed E-state index contributed by atoms with van der Waals surface area (Å²) in [5, 5.41) is 0. The van der Waals surface area contributed by atoms with Crippen molar-refractivity contribution in [2.75, 3.05) is 6.61 Å². The Balaban J connectivity index is 2.03. The Bertz CT molecular complexity index is 412. The molecule has 5 nitrogen and oxygen atoms in total. The van der Waals surface area contributed by atoms with E-state index in [1.165, 1.54) is 0 Å². The topological polar surface area (TPSA) is 71.9 Å². The number of hydrogen-bond acceptors (Lipinski definition) is 3. The molecule has 0 heterocycles. The molecule has 1 saturated carbocycles. The molecule has 18 heavy (non-hydrogen) atoms. The molecular formula is C13H18N2O3. The summed E-state index contributed by atoms with van der Waals surface area (Å²) in [4.78, 5) is 14.7. The molecule has 0 aromatic carbocycles. The molecular weight excluding hydrogens is 232 g/mol. The summed E-state index contributed by atoms with van der Waals surface area (Å²) in [7, 11) is 0. The monoisotopic (exact) mass is 250 g/mol. The molecule has 0 aliphatic heterocycles. The van der Waals surface area contributed by atoms with E-state index in [1.54, 1.807) is 6.92 Å². The van der Waals surface area contributed by atoms with Gasteiger partial charge in [0.05, 0.1) is 6.61 Å². The molecule has 0 N–H and O–H groups in total. The van der Waals surface area contributed by atoms with E-state index in [0.717, 1.165) is 50.0 Å². The quantitative estimate of drug-likeness (QED) is 0.429. The third kappa shape index (κ3) is 2.46. The predicted octanol–water partition coefficient (Wildman–Crippen LogP) is 3.07. The van der Waals surface area contributed by atoms with Gasteiger partial charge < -0.3 is 15.0 Å². The van der Waals surface area contributed by atoms with Crippen LogP contribution in [0.2, 0.25) is 0 Å². The number of nitrogens with zero attached hydrogens (tertiary/aromatic N) is 2. The van der Waals surface area contributed by atoms with Crippen molar-refractivity contribution in [3.05, 3.63) is 17.4 Å². The molecule has 0 unspecified atom stereocenters. The molecule has 2 aliphatic carbocycles. The van der Waals surface area contributed by atoms with E-state index in [2.05, 4.69) is 4.79 Å². The van der Waals surface area contributed by atoms with Gasteiger partial charge in [-0.2, -0.15) is 4.79 Å². The number of carbonyl (C=O) groups is 1. The van der Waals surface area contributed by atoms with Crippen LogP contribution in [-0.2, 0) is 9.47 Å². The summed E-state index contributed by atoms with van der Waals surface area (Å²) < 4.78 is 10.1. The average molecular weight is 250 g/mol. The molecule has 98 valence electrons. The van der Waals surface area contributed by atoms with Crippen LogP contribution in [0.15, 0.2) is 11.8 Å². The third-order valence-electron chi connectivity index (χ3n) is 3.86. The highest BCUT2D eigenvalue weighted by molar-refractivity contribution is 5.80. The Kier molecular flexibility index (Phi) is 3.82. The summed E-state index contributed by atoms with van der Waals surface area (Å²) >= 11 is 0. The number of rotatable bonds is 2. The van der Waals surface area contributed by atoms with E-state index in [4.69, 9.17) is 15.0 Å². The van der Waals surface area contributed by atoms with Crippen LogP contribution in [0.3, 0.4) is 0 Å². The fourth-order valence-electron chi connectivity index (χ4n) is 2.82. The van der Waals surface area contributed by atoms with Crippen molar-refractivity contribution in [1.82, 2.24) is 0 Å². The van der Waals surface area contributed by atoms with Gasteiger partial charge in [0, 0.05) is 18.3 Å². The standard InChI is InChI=1S/C13H18N2O3/c1-2-17-12(16)18-11-4-3-7-13(11)8-5-10(15-14)6-9-13/h4H,2-3,5-9H2,1H3. The SMILES string of the molecule is CCOC(=O)OC1=CCCC12CCC(=[N+]=[N-])CC2. The first-order valence-electron chi connectivity index (χ1n) is 6.45. The molecule has 0 aromatic heterocycles. The van der Waals surface area contributed by atoms with Gasteiger partial charge in [-0.25, -0.2) is 4.79 Å². The van der Waals surface area contributed by atoms with Gasteiger partial charge in [0.15, 0.2) is 0 Å². The average Bonchev–Trinajstić information content (AvgIpc) is 2.74. The predicted molar refractivity (Wildman–Crippen MR) is 65.0 cm³/mol. The summed E-state index contributed by atoms with van der Waals surface area (Å²) in [6, 6.07) is 0. The number of carbonyl (C=O) groups excluding carboxylic acids is 1. The fraction of sp³-hybridized carbons (Fsp3) is 0.692. The normalized spacial score (nSPS) is 26.7. The first-order chi connectivity index (χ1) is 8.70. The van der Waals surface area contributed by atoms with Crippen LogP contribution in [0.4, 0.5) is 4.79 Å². The first-order valence-corrected chi connectivity index (χ1v) is 6.45. The Morgan fingerprint density at radius 3 is 2.78 bits per heavy atom. The molecule has 2 rings (SSSR count). The van der Waals surface area contributed by atoms with Gasteiger partial charge in [0.1, 0.15) is 5.76 Å². The highest BCUT2D eigenvalue weighted by atomic mass is 16.7. The Morgan fingerprint density at radius 2 is 2.17 bits per heavy atom. The van der Waals surface area contributed by atoms with E-state index < -0.39 is 6.16 Å². The summed E-state index contributed by atoms with van der Waals surface area (Å²) in [5.41, 5.74) is 9.55. The lowest BCUT2D eigenvalue weighted by molar-refractivity contribution is -0.0178. The molecule has 5 heteroatoms. The van der Waals surface area contributed by atoms with Crippen molar-refractivity contribution in [3.63, 3.8) is 0 Å². The molecule has 2 aliphatic rings. The van der Waals surface area contributed by atoms with Crippen LogP contribution >= 0.6 is 0 Å². The second kappa shape index (κ2) is 5.36. The van der Waals surface area contributed by atoms with Crippen LogP contribution in [0.5, 0.6) is 0 Å². The van der Waals surface area contributed by atoms with Crippen molar-refractivity contribution < 1.29 is 19.1 Å². The van der Waals surface area contributed by atoms with Crippen molar-refractivity contribution in [2.24, 2.45) is 5.41 Å². The molecule has 0 aromatic rings. The van der Waals surface area contributed by atoms with Crippen LogP contribution in [0.1, 0.15) is 45.4 Å². The Morgan fingerprint density at radius 1 is 1.44 bits per heavy atom. The van der Waals surface area contributed by atoms with Crippen LogP contribution < -0.4 is 0 Å². The summed E-state index contributed by atoms with van der Waals surface area (Å²) in [5.74, 6) is 0.748. The van der Waals surface area contributed by atoms with Gasteiger partial charge in [0.25, 0.3) is 5.71 Å². The molecule has 0 radical (unpaired) electrons. The van der Waals surface area contributed by atoms with Gasteiger partial charge in [-0.1, -0.05) is 0 Å². The highest BCUT2D eigenvalue weighted by Gasteiger charge is 2.44. The van der Waals surface area contributed by atoms with Crippen molar-refractivity contribution in [3.8, 4) is 0 Å². The zero-order valence-electron chi connectivity index (χ0n) is 10.6. The molecule has 0 saturated heterocycles. The zero-order chi connectivity index (χ0) is 13.0. The van der Waals surface area contributed by atoms with Gasteiger partial charge in [0.2, 0.25) is 0 Å². The van der Waals surface area contributed by atoms with E-state index in [0.29, 0.717) is 6.61 Å². The van der Waals surface area contributed by atoms with Crippen molar-refractivity contribution >= 4 is 11.9 Å². The minimum absolute atomic E-state index is 0.0546. The van der Waals surface area contributed by atoms with Crippen LogP contribution in [0, 0.1) is 5.41 Å². The van der Waals surface area contributed by atoms with Crippen molar-refractivity contribution in [1.29, 1.82) is 0 Å². The molecule has 0 atom stereocenters. The van der Waals surface area contributed by atoms with Crippen LogP contribution in [0.25, 0.3) is 5.53 Å². The largest absolute Gasteiger partial charge is 0.513 e. The van der Waals surface area contributed by atoms with E-state index in [1.807, 2.05) is 6.08 Å². The number of allylic oxidation sites excluding steroid dienone is 2. The summed E-state index contributed by atoms with van der Waals surface area (Å²) in [6.45, 7) is 2.07. The zero-order valence-corrected chi connectivity index (χ0v) is 10.6. The second-order valence-corrected chi connectivity index (χ2v) is 4.84. The van der Waals surface area contributed by atoms with E-state index in [-0.39, 0.29) is 5.41 Å². The molecule has 0 amide bonds. The molecule has 1 fully saturated rings. The Labute approximate surface area is 106 Å². The minimum Gasteiger partial charge on any atom is -0.434 e. The fourth-order valence-corrected chi connectivity index (χ4v) is 2.82. The third-order valence-corrected chi connectivity index (χ3v) is 3.86. The molecule has 1 spiro atoms. The first kappa shape index (κ1) is 12.8. The maximum Gasteiger partial charge on any atom is 0.513 e. The number of ether oxygens (including phenoxy) is 2. The second-order valence-electron chi connectivity index (χ2n) is 4.84. The molecule has 0 bridgehead atoms. The lowest BCUT2D eigenvalue weighted by Gasteiger charge is -2.33.